The summed E-state index contributed by atoms with van der Waals surface area (Å²) in [6.07, 6.45) is 2.28. The standard InChI is InChI=1S/C17H18BrN3O3.ClH/c18-15-7-6-14(24-15)17(23)21-12-3-1-2-11(8-12)16(22)20-9-13(19)10-4-5-10;/h1-3,6-8,10,13H,4-5,9,19H2,(H,20,22)(H,21,23);1H. The molecule has 134 valence electrons. The number of furan rings is 1. The number of hydrogen-bond acceptors (Lipinski definition) is 4. The largest absolute Gasteiger partial charge is 0.444 e. The third-order valence-corrected chi connectivity index (χ3v) is 4.33. The molecule has 1 heterocycles. The van der Waals surface area contributed by atoms with E-state index in [1.807, 2.05) is 0 Å². The minimum Gasteiger partial charge on any atom is -0.444 e. The molecule has 1 atom stereocenters. The van der Waals surface area contributed by atoms with Crippen LogP contribution in [0.3, 0.4) is 0 Å². The Morgan fingerprint density at radius 1 is 1.24 bits per heavy atom. The van der Waals surface area contributed by atoms with Gasteiger partial charge in [-0.2, -0.15) is 0 Å². The van der Waals surface area contributed by atoms with Crippen molar-refractivity contribution in [2.45, 2.75) is 18.9 Å². The molecular weight excluding hydrogens is 410 g/mol. The summed E-state index contributed by atoms with van der Waals surface area (Å²) in [5.74, 6) is 0.132. The lowest BCUT2D eigenvalue weighted by Crippen LogP contribution is -2.38. The van der Waals surface area contributed by atoms with Crippen molar-refractivity contribution in [2.75, 3.05) is 11.9 Å². The Hall–Kier alpha value is -1.83. The average molecular weight is 429 g/mol. The van der Waals surface area contributed by atoms with Crippen LogP contribution in [0.4, 0.5) is 5.69 Å². The normalized spacial score (nSPS) is 14.3. The molecule has 1 aromatic heterocycles. The first-order valence-corrected chi connectivity index (χ1v) is 8.53. The van der Waals surface area contributed by atoms with Crippen molar-refractivity contribution in [1.82, 2.24) is 5.32 Å². The zero-order valence-corrected chi connectivity index (χ0v) is 15.7. The van der Waals surface area contributed by atoms with Gasteiger partial charge in [-0.25, -0.2) is 0 Å². The van der Waals surface area contributed by atoms with Crippen molar-refractivity contribution in [1.29, 1.82) is 0 Å². The van der Waals surface area contributed by atoms with Crippen LogP contribution < -0.4 is 16.4 Å². The first-order valence-electron chi connectivity index (χ1n) is 7.73. The van der Waals surface area contributed by atoms with Gasteiger partial charge >= 0.3 is 0 Å². The predicted octanol–water partition coefficient (Wildman–Crippen LogP) is 3.18. The minimum absolute atomic E-state index is 0. The molecule has 4 N–H and O–H groups in total. The summed E-state index contributed by atoms with van der Waals surface area (Å²) in [4.78, 5) is 24.3. The lowest BCUT2D eigenvalue weighted by atomic mass is 10.1. The van der Waals surface area contributed by atoms with E-state index in [0.717, 1.165) is 12.8 Å². The van der Waals surface area contributed by atoms with Crippen LogP contribution in [0.2, 0.25) is 0 Å². The first kappa shape index (κ1) is 19.5. The van der Waals surface area contributed by atoms with Crippen LogP contribution >= 0.6 is 28.3 Å². The van der Waals surface area contributed by atoms with Crippen LogP contribution in [0.25, 0.3) is 0 Å². The Kier molecular flexibility index (Phi) is 6.64. The van der Waals surface area contributed by atoms with Gasteiger partial charge in [-0.15, -0.1) is 12.4 Å². The lowest BCUT2D eigenvalue weighted by molar-refractivity contribution is 0.0948. The van der Waals surface area contributed by atoms with E-state index in [0.29, 0.717) is 28.4 Å². The molecule has 0 radical (unpaired) electrons. The predicted molar refractivity (Wildman–Crippen MR) is 101 cm³/mol. The van der Waals surface area contributed by atoms with Crippen LogP contribution in [0, 0.1) is 5.92 Å². The van der Waals surface area contributed by atoms with E-state index in [4.69, 9.17) is 10.2 Å². The summed E-state index contributed by atoms with van der Waals surface area (Å²) in [5, 5.41) is 5.54. The zero-order valence-electron chi connectivity index (χ0n) is 13.3. The molecule has 1 aliphatic rings. The Bertz CT molecular complexity index is 761. The molecule has 3 rings (SSSR count). The van der Waals surface area contributed by atoms with Gasteiger partial charge in [0.15, 0.2) is 10.4 Å². The second-order valence-electron chi connectivity index (χ2n) is 5.85. The van der Waals surface area contributed by atoms with Crippen LogP contribution in [-0.2, 0) is 0 Å². The van der Waals surface area contributed by atoms with E-state index >= 15 is 0 Å². The molecule has 8 heteroatoms. The molecule has 25 heavy (non-hydrogen) atoms. The molecule has 0 bridgehead atoms. The molecule has 6 nitrogen and oxygen atoms in total. The van der Waals surface area contributed by atoms with Gasteiger partial charge in [0.2, 0.25) is 0 Å². The van der Waals surface area contributed by atoms with Gasteiger partial charge in [0, 0.05) is 23.8 Å². The number of amides is 2. The van der Waals surface area contributed by atoms with Crippen molar-refractivity contribution < 1.29 is 14.0 Å². The van der Waals surface area contributed by atoms with Gasteiger partial charge in [-0.1, -0.05) is 6.07 Å². The Morgan fingerprint density at radius 2 is 2.00 bits per heavy atom. The number of nitrogens with one attached hydrogen (secondary N) is 2. The molecule has 1 aliphatic carbocycles. The summed E-state index contributed by atoms with van der Waals surface area (Å²) in [6, 6.07) is 9.95. The fourth-order valence-corrected chi connectivity index (χ4v) is 2.68. The summed E-state index contributed by atoms with van der Waals surface area (Å²) in [5.41, 5.74) is 6.97. The molecule has 1 fully saturated rings. The summed E-state index contributed by atoms with van der Waals surface area (Å²) >= 11 is 3.15. The molecule has 1 saturated carbocycles. The molecular formula is C17H19BrClN3O3. The van der Waals surface area contributed by atoms with E-state index in [9.17, 15) is 9.59 Å². The van der Waals surface area contributed by atoms with Gasteiger partial charge in [-0.3, -0.25) is 9.59 Å². The number of nitrogens with two attached hydrogens (primary N) is 1. The minimum atomic E-state index is -0.381. The zero-order chi connectivity index (χ0) is 17.1. The molecule has 2 amide bonds. The van der Waals surface area contributed by atoms with Crippen molar-refractivity contribution in [3.05, 3.63) is 52.4 Å². The van der Waals surface area contributed by atoms with Gasteiger partial charge in [0.1, 0.15) is 0 Å². The average Bonchev–Trinajstić information content (AvgIpc) is 3.33. The number of benzene rings is 1. The van der Waals surface area contributed by atoms with E-state index in [1.54, 1.807) is 36.4 Å². The molecule has 0 aliphatic heterocycles. The monoisotopic (exact) mass is 427 g/mol. The molecule has 0 saturated heterocycles. The molecule has 0 spiro atoms. The van der Waals surface area contributed by atoms with Crippen molar-refractivity contribution in [2.24, 2.45) is 11.7 Å². The summed E-state index contributed by atoms with van der Waals surface area (Å²) in [6.45, 7) is 0.459. The number of carbonyl (C=O) groups is 2. The SMILES string of the molecule is Cl.NC(CNC(=O)c1cccc(NC(=O)c2ccc(Br)o2)c1)C1CC1. The third-order valence-electron chi connectivity index (χ3n) is 3.91. The number of halogens is 2. The number of carbonyl (C=O) groups excluding carboxylic acids is 2. The quantitative estimate of drug-likeness (QED) is 0.658. The summed E-state index contributed by atoms with van der Waals surface area (Å²) in [7, 11) is 0. The fourth-order valence-electron chi connectivity index (χ4n) is 2.37. The maximum absolute atomic E-state index is 12.2. The highest BCUT2D eigenvalue weighted by molar-refractivity contribution is 9.10. The Balaban J connectivity index is 0.00000225. The summed E-state index contributed by atoms with van der Waals surface area (Å²) < 4.78 is 5.68. The topological polar surface area (TPSA) is 97.4 Å². The van der Waals surface area contributed by atoms with Crippen molar-refractivity contribution in [3.8, 4) is 0 Å². The van der Waals surface area contributed by atoms with Crippen LogP contribution in [0.5, 0.6) is 0 Å². The van der Waals surface area contributed by atoms with Crippen molar-refractivity contribution >= 4 is 45.8 Å². The third kappa shape index (κ3) is 5.32. The smallest absolute Gasteiger partial charge is 0.291 e. The van der Waals surface area contributed by atoms with Gasteiger partial charge in [0.05, 0.1) is 0 Å². The van der Waals surface area contributed by atoms with Gasteiger partial charge in [-0.05, 0) is 65.0 Å². The molecule has 1 aromatic carbocycles. The molecule has 2 aromatic rings. The van der Waals surface area contributed by atoms with Crippen molar-refractivity contribution in [3.63, 3.8) is 0 Å². The Labute approximate surface area is 160 Å². The fraction of sp³-hybridized carbons (Fsp3) is 0.294. The first-order chi connectivity index (χ1) is 11.5. The van der Waals surface area contributed by atoms with E-state index in [-0.39, 0.29) is 36.0 Å². The van der Waals surface area contributed by atoms with Gasteiger partial charge < -0.3 is 20.8 Å². The number of rotatable bonds is 6. The van der Waals surface area contributed by atoms with E-state index in [2.05, 4.69) is 26.6 Å². The highest BCUT2D eigenvalue weighted by Crippen LogP contribution is 2.31. The second kappa shape index (κ2) is 8.51. The maximum atomic E-state index is 12.2. The van der Waals surface area contributed by atoms with E-state index in [1.165, 1.54) is 0 Å². The van der Waals surface area contributed by atoms with Crippen LogP contribution in [0.15, 0.2) is 45.5 Å². The Morgan fingerprint density at radius 3 is 2.64 bits per heavy atom. The number of anilines is 1. The molecule has 1 unspecified atom stereocenters. The van der Waals surface area contributed by atoms with Crippen LogP contribution in [0.1, 0.15) is 33.8 Å². The van der Waals surface area contributed by atoms with Gasteiger partial charge in [0.25, 0.3) is 11.8 Å². The second-order valence-corrected chi connectivity index (χ2v) is 6.63. The van der Waals surface area contributed by atoms with Crippen LogP contribution in [-0.4, -0.2) is 24.4 Å². The van der Waals surface area contributed by atoms with E-state index < -0.39 is 0 Å². The number of hydrogen-bond donors (Lipinski definition) is 3. The maximum Gasteiger partial charge on any atom is 0.291 e. The highest BCUT2D eigenvalue weighted by Gasteiger charge is 2.28. The highest BCUT2D eigenvalue weighted by atomic mass is 79.9. The lowest BCUT2D eigenvalue weighted by Gasteiger charge is -2.12.